The Labute approximate surface area is 72.9 Å². The van der Waals surface area contributed by atoms with Crippen LogP contribution in [0, 0.1) is 0 Å². The SMILES string of the molecule is CO/C=C/C(=O)NNC(C)(C)C. The topological polar surface area (TPSA) is 50.4 Å². The van der Waals surface area contributed by atoms with Crippen molar-refractivity contribution < 1.29 is 9.53 Å². The monoisotopic (exact) mass is 172 g/mol. The van der Waals surface area contributed by atoms with E-state index >= 15 is 0 Å². The molecule has 0 aliphatic rings. The van der Waals surface area contributed by atoms with Crippen LogP contribution in [0.5, 0.6) is 0 Å². The highest BCUT2D eigenvalue weighted by molar-refractivity contribution is 5.86. The molecule has 12 heavy (non-hydrogen) atoms. The van der Waals surface area contributed by atoms with Crippen molar-refractivity contribution in [2.24, 2.45) is 0 Å². The molecule has 0 saturated heterocycles. The molecular formula is C8H16N2O2. The summed E-state index contributed by atoms with van der Waals surface area (Å²) in [4.78, 5) is 10.9. The highest BCUT2D eigenvalue weighted by Gasteiger charge is 2.08. The maximum Gasteiger partial charge on any atom is 0.261 e. The van der Waals surface area contributed by atoms with Crippen molar-refractivity contribution >= 4 is 5.91 Å². The molecule has 0 atom stereocenters. The zero-order valence-electron chi connectivity index (χ0n) is 7.97. The molecule has 0 rings (SSSR count). The highest BCUT2D eigenvalue weighted by atomic mass is 16.5. The normalized spacial score (nSPS) is 11.7. The van der Waals surface area contributed by atoms with Gasteiger partial charge in [0.1, 0.15) is 0 Å². The van der Waals surface area contributed by atoms with Gasteiger partial charge in [0.15, 0.2) is 0 Å². The lowest BCUT2D eigenvalue weighted by molar-refractivity contribution is -0.118. The van der Waals surface area contributed by atoms with Crippen molar-refractivity contribution in [3.63, 3.8) is 0 Å². The van der Waals surface area contributed by atoms with E-state index in [1.165, 1.54) is 19.4 Å². The van der Waals surface area contributed by atoms with Gasteiger partial charge in [0.25, 0.3) is 5.91 Å². The lowest BCUT2D eigenvalue weighted by Crippen LogP contribution is -2.48. The van der Waals surface area contributed by atoms with Crippen LogP contribution in [0.25, 0.3) is 0 Å². The summed E-state index contributed by atoms with van der Waals surface area (Å²) in [5.41, 5.74) is 5.20. The van der Waals surface area contributed by atoms with Crippen molar-refractivity contribution in [1.82, 2.24) is 10.9 Å². The molecule has 0 aromatic carbocycles. The third kappa shape index (κ3) is 7.08. The Morgan fingerprint density at radius 1 is 1.42 bits per heavy atom. The fraction of sp³-hybridized carbons (Fsp3) is 0.625. The van der Waals surface area contributed by atoms with E-state index in [0.29, 0.717) is 0 Å². The molecule has 4 heteroatoms. The number of hydrazine groups is 1. The van der Waals surface area contributed by atoms with E-state index in [9.17, 15) is 4.79 Å². The van der Waals surface area contributed by atoms with Crippen molar-refractivity contribution in [2.45, 2.75) is 26.3 Å². The third-order valence-corrected chi connectivity index (χ3v) is 0.916. The number of amides is 1. The van der Waals surface area contributed by atoms with Gasteiger partial charge in [0.2, 0.25) is 0 Å². The van der Waals surface area contributed by atoms with Crippen LogP contribution in [0.1, 0.15) is 20.8 Å². The maximum atomic E-state index is 10.9. The minimum atomic E-state index is -0.230. The highest BCUT2D eigenvalue weighted by Crippen LogP contribution is 1.94. The Hall–Kier alpha value is -1.03. The summed E-state index contributed by atoms with van der Waals surface area (Å²) in [5, 5.41) is 0. The summed E-state index contributed by atoms with van der Waals surface area (Å²) in [6, 6.07) is 0. The zero-order chi connectivity index (χ0) is 9.61. The molecule has 0 radical (unpaired) electrons. The van der Waals surface area contributed by atoms with E-state index in [1.54, 1.807) is 0 Å². The van der Waals surface area contributed by atoms with Crippen molar-refractivity contribution in [2.75, 3.05) is 7.11 Å². The number of ether oxygens (including phenoxy) is 1. The number of carbonyl (C=O) groups excluding carboxylic acids is 1. The second kappa shape index (κ2) is 4.77. The largest absolute Gasteiger partial charge is 0.504 e. The summed E-state index contributed by atoms with van der Waals surface area (Å²) < 4.78 is 4.58. The number of rotatable bonds is 3. The lowest BCUT2D eigenvalue weighted by Gasteiger charge is -2.20. The van der Waals surface area contributed by atoms with E-state index in [-0.39, 0.29) is 11.4 Å². The fourth-order valence-corrected chi connectivity index (χ4v) is 0.421. The average Bonchev–Trinajstić information content (AvgIpc) is 1.95. The quantitative estimate of drug-likeness (QED) is 0.371. The van der Waals surface area contributed by atoms with E-state index in [2.05, 4.69) is 15.6 Å². The van der Waals surface area contributed by atoms with Gasteiger partial charge in [0.05, 0.1) is 13.4 Å². The molecule has 0 saturated carbocycles. The van der Waals surface area contributed by atoms with Gasteiger partial charge in [-0.1, -0.05) is 0 Å². The van der Waals surface area contributed by atoms with Crippen molar-refractivity contribution in [1.29, 1.82) is 0 Å². The van der Waals surface area contributed by atoms with Crippen molar-refractivity contribution in [3.05, 3.63) is 12.3 Å². The van der Waals surface area contributed by atoms with Crippen molar-refractivity contribution in [3.8, 4) is 0 Å². The first-order valence-electron chi connectivity index (χ1n) is 3.72. The molecule has 0 aliphatic heterocycles. The summed E-state index contributed by atoms with van der Waals surface area (Å²) in [7, 11) is 1.49. The molecule has 1 amide bonds. The minimum absolute atomic E-state index is 0.128. The number of carbonyl (C=O) groups is 1. The number of nitrogens with one attached hydrogen (secondary N) is 2. The van der Waals surface area contributed by atoms with E-state index in [0.717, 1.165) is 0 Å². The molecule has 0 spiro atoms. The fourth-order valence-electron chi connectivity index (χ4n) is 0.421. The molecule has 0 bridgehead atoms. The van der Waals surface area contributed by atoms with E-state index in [1.807, 2.05) is 20.8 Å². The van der Waals surface area contributed by atoms with Crippen LogP contribution in [-0.2, 0) is 9.53 Å². The van der Waals surface area contributed by atoms with Crippen LogP contribution in [0.15, 0.2) is 12.3 Å². The predicted molar refractivity (Wildman–Crippen MR) is 47.2 cm³/mol. The van der Waals surface area contributed by atoms with Gasteiger partial charge >= 0.3 is 0 Å². The summed E-state index contributed by atoms with van der Waals surface area (Å²) in [6.45, 7) is 5.86. The van der Waals surface area contributed by atoms with Gasteiger partial charge in [-0.05, 0) is 20.8 Å². The standard InChI is InChI=1S/C8H16N2O2/c1-8(2,3)10-9-7(11)5-6-12-4/h5-6,10H,1-4H3,(H,9,11)/b6-5+. The van der Waals surface area contributed by atoms with Crippen LogP contribution in [-0.4, -0.2) is 18.6 Å². The van der Waals surface area contributed by atoms with Gasteiger partial charge in [-0.3, -0.25) is 10.2 Å². The van der Waals surface area contributed by atoms with Gasteiger partial charge in [0, 0.05) is 11.6 Å². The number of hydrogen-bond acceptors (Lipinski definition) is 3. The lowest BCUT2D eigenvalue weighted by atomic mass is 10.1. The molecule has 2 N–H and O–H groups in total. The summed E-state index contributed by atoms with van der Waals surface area (Å²) in [6.07, 6.45) is 2.62. The van der Waals surface area contributed by atoms with Crippen LogP contribution >= 0.6 is 0 Å². The molecular weight excluding hydrogens is 156 g/mol. The Morgan fingerprint density at radius 2 is 2.00 bits per heavy atom. The number of methoxy groups -OCH3 is 1. The zero-order valence-corrected chi connectivity index (χ0v) is 7.97. The minimum Gasteiger partial charge on any atom is -0.504 e. The summed E-state index contributed by atoms with van der Waals surface area (Å²) >= 11 is 0. The van der Waals surface area contributed by atoms with Crippen LogP contribution in [0.2, 0.25) is 0 Å². The molecule has 0 aromatic heterocycles. The Kier molecular flexibility index (Phi) is 4.36. The number of hydrogen-bond donors (Lipinski definition) is 2. The second-order valence-corrected chi connectivity index (χ2v) is 3.40. The first kappa shape index (κ1) is 11.0. The average molecular weight is 172 g/mol. The van der Waals surface area contributed by atoms with Gasteiger partial charge in [-0.2, -0.15) is 0 Å². The third-order valence-electron chi connectivity index (χ3n) is 0.916. The smallest absolute Gasteiger partial charge is 0.261 e. The maximum absolute atomic E-state index is 10.9. The van der Waals surface area contributed by atoms with Crippen LogP contribution < -0.4 is 10.9 Å². The van der Waals surface area contributed by atoms with E-state index in [4.69, 9.17) is 0 Å². The molecule has 0 unspecified atom stereocenters. The van der Waals surface area contributed by atoms with Crippen LogP contribution in [0.3, 0.4) is 0 Å². The molecule has 70 valence electrons. The first-order chi connectivity index (χ1) is 5.45. The second-order valence-electron chi connectivity index (χ2n) is 3.40. The Balaban J connectivity index is 3.65. The van der Waals surface area contributed by atoms with Crippen LogP contribution in [0.4, 0.5) is 0 Å². The molecule has 0 heterocycles. The Morgan fingerprint density at radius 3 is 2.42 bits per heavy atom. The Bertz CT molecular complexity index is 170. The molecule has 0 fully saturated rings. The first-order valence-corrected chi connectivity index (χ1v) is 3.72. The van der Waals surface area contributed by atoms with E-state index < -0.39 is 0 Å². The molecule has 4 nitrogen and oxygen atoms in total. The predicted octanol–water partition coefficient (Wildman–Crippen LogP) is 0.566. The molecule has 0 aliphatic carbocycles. The summed E-state index contributed by atoms with van der Waals surface area (Å²) in [5.74, 6) is -0.230. The van der Waals surface area contributed by atoms with Gasteiger partial charge in [-0.25, -0.2) is 5.43 Å². The van der Waals surface area contributed by atoms with Gasteiger partial charge in [-0.15, -0.1) is 0 Å². The van der Waals surface area contributed by atoms with Gasteiger partial charge < -0.3 is 4.74 Å². The molecule has 0 aromatic rings.